The predicted octanol–water partition coefficient (Wildman–Crippen LogP) is 7.03. The van der Waals surface area contributed by atoms with Crippen molar-refractivity contribution >= 4 is 52.1 Å². The number of rotatable bonds is 3. The molecule has 1 aromatic heterocycles. The molecule has 3 atom stereocenters. The summed E-state index contributed by atoms with van der Waals surface area (Å²) < 4.78 is 0. The maximum Gasteiger partial charge on any atom is 0.195 e. The van der Waals surface area contributed by atoms with Crippen molar-refractivity contribution in [1.82, 2.24) is 0 Å². The van der Waals surface area contributed by atoms with Crippen LogP contribution in [0, 0.1) is 12.3 Å². The zero-order valence-electron chi connectivity index (χ0n) is 20.4. The topological polar surface area (TPSA) is 54.5 Å². The van der Waals surface area contributed by atoms with Gasteiger partial charge in [-0.2, -0.15) is 0 Å². The fraction of sp³-hybridized carbons (Fsp3) is 0.156. The normalized spacial score (nSPS) is 22.5. The van der Waals surface area contributed by atoms with E-state index in [-0.39, 0.29) is 17.3 Å². The van der Waals surface area contributed by atoms with Crippen LogP contribution in [0.15, 0.2) is 90.3 Å². The van der Waals surface area contributed by atoms with Gasteiger partial charge in [-0.15, -0.1) is 11.3 Å². The summed E-state index contributed by atoms with van der Waals surface area (Å²) in [4.78, 5) is 46.1. The fourth-order valence-corrected chi connectivity index (χ4v) is 7.54. The third kappa shape index (κ3) is 3.00. The Morgan fingerprint density at radius 1 is 0.921 bits per heavy atom. The Labute approximate surface area is 229 Å². The molecule has 4 nitrogen and oxygen atoms in total. The van der Waals surface area contributed by atoms with Crippen LogP contribution in [0.2, 0.25) is 5.02 Å². The van der Waals surface area contributed by atoms with E-state index in [1.165, 1.54) is 11.3 Å². The highest BCUT2D eigenvalue weighted by Gasteiger charge is 2.71. The lowest BCUT2D eigenvalue weighted by Crippen LogP contribution is -2.48. The Morgan fingerprint density at radius 3 is 2.29 bits per heavy atom. The van der Waals surface area contributed by atoms with Crippen molar-refractivity contribution < 1.29 is 14.4 Å². The molecule has 0 N–H and O–H groups in total. The number of halogens is 1. The number of anilines is 1. The van der Waals surface area contributed by atoms with Gasteiger partial charge < -0.3 is 4.90 Å². The van der Waals surface area contributed by atoms with E-state index in [1.807, 2.05) is 77.9 Å². The van der Waals surface area contributed by atoms with Crippen molar-refractivity contribution in [3.63, 3.8) is 0 Å². The molecule has 1 spiro atoms. The zero-order valence-corrected chi connectivity index (χ0v) is 22.0. The van der Waals surface area contributed by atoms with E-state index in [9.17, 15) is 14.4 Å². The average molecular weight is 536 g/mol. The number of thiophene rings is 1. The number of Topliss-reactive ketones (excluding diaryl/α,β-unsaturated/α-hetero) is 3. The molecule has 0 saturated carbocycles. The molecule has 3 heterocycles. The van der Waals surface area contributed by atoms with E-state index in [2.05, 4.69) is 0 Å². The van der Waals surface area contributed by atoms with E-state index >= 15 is 0 Å². The molecule has 0 amide bonds. The summed E-state index contributed by atoms with van der Waals surface area (Å²) in [6.07, 6.45) is 3.85. The monoisotopic (exact) mass is 535 g/mol. The van der Waals surface area contributed by atoms with Crippen molar-refractivity contribution in [2.24, 2.45) is 5.41 Å². The van der Waals surface area contributed by atoms with Crippen LogP contribution in [0.25, 0.3) is 6.08 Å². The number of carbonyl (C=O) groups is 3. The maximum atomic E-state index is 14.5. The summed E-state index contributed by atoms with van der Waals surface area (Å²) in [6.45, 7) is 2.00. The number of ketones is 3. The fourth-order valence-electron chi connectivity index (χ4n) is 6.66. The highest BCUT2D eigenvalue weighted by molar-refractivity contribution is 7.12. The molecule has 3 aliphatic rings. The SMILES string of the molecule is Cc1ccc([C@H]2[C@H](C(=O)c3cccs3)N3c4ccc(Cl)cc4C=CC3C23C(=O)c2ccccc2C3=O)cc1. The number of hydrogen-bond donors (Lipinski definition) is 0. The molecule has 1 saturated heterocycles. The third-order valence-corrected chi connectivity index (χ3v) is 9.35. The number of aryl methyl sites for hydroxylation is 1. The minimum Gasteiger partial charge on any atom is -0.352 e. The molecule has 1 unspecified atom stereocenters. The van der Waals surface area contributed by atoms with Crippen LogP contribution in [0.5, 0.6) is 0 Å². The first-order chi connectivity index (χ1) is 18.4. The van der Waals surface area contributed by atoms with Crippen LogP contribution in [-0.2, 0) is 0 Å². The number of hydrogen-bond acceptors (Lipinski definition) is 5. The Bertz CT molecular complexity index is 1640. The van der Waals surface area contributed by atoms with Crippen LogP contribution in [-0.4, -0.2) is 29.4 Å². The van der Waals surface area contributed by atoms with Crippen LogP contribution in [0.1, 0.15) is 53.0 Å². The molecule has 38 heavy (non-hydrogen) atoms. The summed E-state index contributed by atoms with van der Waals surface area (Å²) in [7, 11) is 0. The Morgan fingerprint density at radius 2 is 1.63 bits per heavy atom. The molecule has 3 aromatic carbocycles. The van der Waals surface area contributed by atoms with Crippen molar-refractivity contribution in [1.29, 1.82) is 0 Å². The van der Waals surface area contributed by atoms with Crippen LogP contribution in [0.3, 0.4) is 0 Å². The molecule has 2 aliphatic heterocycles. The summed E-state index contributed by atoms with van der Waals surface area (Å²) in [5.74, 6) is -1.23. The molecule has 0 radical (unpaired) electrons. The molecule has 4 aromatic rings. The smallest absolute Gasteiger partial charge is 0.195 e. The van der Waals surface area contributed by atoms with Gasteiger partial charge in [-0.1, -0.05) is 83.9 Å². The number of fused-ring (bicyclic) bond motifs is 5. The molecular weight excluding hydrogens is 514 g/mol. The second kappa shape index (κ2) is 8.35. The summed E-state index contributed by atoms with van der Waals surface area (Å²) in [5, 5.41) is 2.46. The Balaban J connectivity index is 1.56. The highest BCUT2D eigenvalue weighted by Crippen LogP contribution is 2.61. The van der Waals surface area contributed by atoms with Gasteiger partial charge in [0.1, 0.15) is 11.5 Å². The lowest BCUT2D eigenvalue weighted by Gasteiger charge is -2.37. The standard InChI is InChI=1S/C32H22ClNO3S/c1-18-8-10-19(11-9-18)27-28(29(35)25-7-4-16-38-25)34-24-14-13-21(33)17-20(24)12-15-26(34)32(27)30(36)22-5-2-3-6-23(22)31(32)37/h2-17,26-28H,1H3/t26?,27-,28+/m0/s1. The Kier molecular flexibility index (Phi) is 5.13. The minimum absolute atomic E-state index is 0.0970. The molecule has 1 aliphatic carbocycles. The van der Waals surface area contributed by atoms with Crippen LogP contribution >= 0.6 is 22.9 Å². The van der Waals surface area contributed by atoms with Gasteiger partial charge >= 0.3 is 0 Å². The van der Waals surface area contributed by atoms with Gasteiger partial charge in [-0.25, -0.2) is 0 Å². The number of benzene rings is 3. The van der Waals surface area contributed by atoms with Gasteiger partial charge in [-0.05, 0) is 47.7 Å². The number of carbonyl (C=O) groups excluding carboxylic acids is 3. The van der Waals surface area contributed by atoms with Crippen LogP contribution in [0.4, 0.5) is 5.69 Å². The van der Waals surface area contributed by atoms with E-state index in [0.717, 1.165) is 22.4 Å². The first-order valence-corrected chi connectivity index (χ1v) is 13.8. The minimum atomic E-state index is -1.48. The van der Waals surface area contributed by atoms with Gasteiger partial charge in [-0.3, -0.25) is 14.4 Å². The molecule has 0 bridgehead atoms. The Hall–Kier alpha value is -3.80. The largest absolute Gasteiger partial charge is 0.352 e. The van der Waals surface area contributed by atoms with E-state index in [0.29, 0.717) is 21.0 Å². The third-order valence-electron chi connectivity index (χ3n) is 8.23. The maximum absolute atomic E-state index is 14.5. The van der Waals surface area contributed by atoms with E-state index < -0.39 is 23.4 Å². The van der Waals surface area contributed by atoms with E-state index in [4.69, 9.17) is 11.6 Å². The highest BCUT2D eigenvalue weighted by atomic mass is 35.5. The summed E-state index contributed by atoms with van der Waals surface area (Å²) in [5.41, 5.74) is 2.88. The second-order valence-corrected chi connectivity index (χ2v) is 11.5. The van der Waals surface area contributed by atoms with Gasteiger partial charge in [0.2, 0.25) is 0 Å². The first-order valence-electron chi connectivity index (χ1n) is 12.5. The number of nitrogens with zero attached hydrogens (tertiary/aromatic N) is 1. The molecule has 6 heteroatoms. The van der Waals surface area contributed by atoms with Gasteiger partial charge in [0, 0.05) is 27.8 Å². The summed E-state index contributed by atoms with van der Waals surface area (Å²) >= 11 is 7.72. The van der Waals surface area contributed by atoms with Crippen molar-refractivity contribution in [3.8, 4) is 0 Å². The van der Waals surface area contributed by atoms with Gasteiger partial charge in [0.25, 0.3) is 0 Å². The second-order valence-electron chi connectivity index (χ2n) is 10.2. The predicted molar refractivity (Wildman–Crippen MR) is 151 cm³/mol. The zero-order chi connectivity index (χ0) is 26.2. The first kappa shape index (κ1) is 23.3. The average Bonchev–Trinajstić information content (AvgIpc) is 3.62. The van der Waals surface area contributed by atoms with Gasteiger partial charge in [0.15, 0.2) is 17.3 Å². The summed E-state index contributed by atoms with van der Waals surface area (Å²) in [6, 6.07) is 22.7. The van der Waals surface area contributed by atoms with E-state index in [1.54, 1.807) is 30.3 Å². The van der Waals surface area contributed by atoms with Gasteiger partial charge in [0.05, 0.1) is 10.9 Å². The van der Waals surface area contributed by atoms with Crippen LogP contribution < -0.4 is 4.90 Å². The lowest BCUT2D eigenvalue weighted by molar-refractivity contribution is 0.0666. The molecule has 7 rings (SSSR count). The molecular formula is C32H22ClNO3S. The molecule has 1 fully saturated rings. The van der Waals surface area contributed by atoms with Crippen molar-refractivity contribution in [3.05, 3.63) is 128 Å². The molecule has 186 valence electrons. The quantitative estimate of drug-likeness (QED) is 0.209. The van der Waals surface area contributed by atoms with Crippen molar-refractivity contribution in [2.45, 2.75) is 24.9 Å². The lowest BCUT2D eigenvalue weighted by atomic mass is 9.64. The van der Waals surface area contributed by atoms with Crippen molar-refractivity contribution in [2.75, 3.05) is 4.90 Å².